The highest BCUT2D eigenvalue weighted by Gasteiger charge is 2.08. The van der Waals surface area contributed by atoms with Crippen molar-refractivity contribution in [3.05, 3.63) is 71.3 Å². The summed E-state index contributed by atoms with van der Waals surface area (Å²) >= 11 is 0. The van der Waals surface area contributed by atoms with Crippen LogP contribution in [0, 0.1) is 12.8 Å². The van der Waals surface area contributed by atoms with Gasteiger partial charge in [-0.05, 0) is 56.1 Å². The molecule has 0 saturated heterocycles. The third-order valence-corrected chi connectivity index (χ3v) is 4.14. The maximum absolute atomic E-state index is 9.54. The Bertz CT molecular complexity index is 501. The molecule has 1 heteroatoms. The first-order chi connectivity index (χ1) is 10.3. The third kappa shape index (κ3) is 5.73. The van der Waals surface area contributed by atoms with Crippen LogP contribution in [0.3, 0.4) is 0 Å². The fourth-order valence-corrected chi connectivity index (χ4v) is 2.69. The number of aliphatic hydroxyl groups is 1. The minimum Gasteiger partial charge on any atom is -0.396 e. The standard InChI is InChI=1S/C20H26O/c1-17-10-12-19(13-11-17)8-5-9-20(16-21)15-14-18-6-3-2-4-7-18/h2-4,6-7,10-13,20-21H,5,8-9,14-16H2,1H3. The molecule has 0 fully saturated rings. The molecule has 21 heavy (non-hydrogen) atoms. The predicted octanol–water partition coefficient (Wildman–Crippen LogP) is 4.56. The second-order valence-electron chi connectivity index (χ2n) is 5.95. The number of hydrogen-bond donors (Lipinski definition) is 1. The lowest BCUT2D eigenvalue weighted by molar-refractivity contribution is 0.208. The SMILES string of the molecule is Cc1ccc(CCCC(CO)CCc2ccccc2)cc1. The number of hydrogen-bond acceptors (Lipinski definition) is 1. The lowest BCUT2D eigenvalue weighted by atomic mass is 9.94. The average molecular weight is 282 g/mol. The molecule has 0 spiro atoms. The first kappa shape index (κ1) is 15.8. The van der Waals surface area contributed by atoms with Crippen LogP contribution in [0.25, 0.3) is 0 Å². The van der Waals surface area contributed by atoms with E-state index in [0.29, 0.717) is 12.5 Å². The van der Waals surface area contributed by atoms with Crippen LogP contribution in [-0.2, 0) is 12.8 Å². The van der Waals surface area contributed by atoms with Gasteiger partial charge in [0, 0.05) is 6.61 Å². The van der Waals surface area contributed by atoms with Gasteiger partial charge in [0.1, 0.15) is 0 Å². The summed E-state index contributed by atoms with van der Waals surface area (Å²) in [7, 11) is 0. The van der Waals surface area contributed by atoms with Gasteiger partial charge in [-0.3, -0.25) is 0 Å². The maximum atomic E-state index is 9.54. The summed E-state index contributed by atoms with van der Waals surface area (Å²) in [5.74, 6) is 0.427. The molecule has 1 atom stereocenters. The average Bonchev–Trinajstić information content (AvgIpc) is 2.53. The van der Waals surface area contributed by atoms with Crippen molar-refractivity contribution in [3.63, 3.8) is 0 Å². The van der Waals surface area contributed by atoms with Gasteiger partial charge in [-0.15, -0.1) is 0 Å². The van der Waals surface area contributed by atoms with Crippen molar-refractivity contribution >= 4 is 0 Å². The lowest BCUT2D eigenvalue weighted by Gasteiger charge is -2.14. The van der Waals surface area contributed by atoms with Crippen LogP contribution in [0.15, 0.2) is 54.6 Å². The molecule has 0 bridgehead atoms. The van der Waals surface area contributed by atoms with Crippen molar-refractivity contribution in [2.24, 2.45) is 5.92 Å². The van der Waals surface area contributed by atoms with E-state index in [2.05, 4.69) is 61.5 Å². The molecule has 2 rings (SSSR count). The summed E-state index contributed by atoms with van der Waals surface area (Å²) < 4.78 is 0. The van der Waals surface area contributed by atoms with Crippen LogP contribution >= 0.6 is 0 Å². The third-order valence-electron chi connectivity index (χ3n) is 4.14. The molecule has 1 nitrogen and oxygen atoms in total. The molecule has 112 valence electrons. The molecular weight excluding hydrogens is 256 g/mol. The van der Waals surface area contributed by atoms with E-state index in [1.165, 1.54) is 16.7 Å². The first-order valence-corrected chi connectivity index (χ1v) is 7.98. The highest BCUT2D eigenvalue weighted by molar-refractivity contribution is 5.21. The topological polar surface area (TPSA) is 20.2 Å². The second kappa shape index (κ2) is 8.63. The van der Waals surface area contributed by atoms with Gasteiger partial charge in [0.15, 0.2) is 0 Å². The maximum Gasteiger partial charge on any atom is 0.0459 e. The summed E-state index contributed by atoms with van der Waals surface area (Å²) in [6.07, 6.45) is 5.52. The zero-order valence-corrected chi connectivity index (χ0v) is 13.0. The molecule has 1 N–H and O–H groups in total. The number of benzene rings is 2. The van der Waals surface area contributed by atoms with E-state index in [4.69, 9.17) is 0 Å². The Morgan fingerprint density at radius 1 is 0.810 bits per heavy atom. The molecule has 0 aliphatic rings. The highest BCUT2D eigenvalue weighted by atomic mass is 16.3. The van der Waals surface area contributed by atoms with Crippen LogP contribution in [0.2, 0.25) is 0 Å². The number of aliphatic hydroxyl groups excluding tert-OH is 1. The van der Waals surface area contributed by atoms with E-state index in [1.807, 2.05) is 0 Å². The Morgan fingerprint density at radius 2 is 1.48 bits per heavy atom. The minimum atomic E-state index is 0.306. The molecule has 0 heterocycles. The monoisotopic (exact) mass is 282 g/mol. The molecule has 0 amide bonds. The Kier molecular flexibility index (Phi) is 6.49. The van der Waals surface area contributed by atoms with Crippen molar-refractivity contribution in [1.82, 2.24) is 0 Å². The van der Waals surface area contributed by atoms with E-state index in [1.54, 1.807) is 0 Å². The van der Waals surface area contributed by atoms with Crippen molar-refractivity contribution < 1.29 is 5.11 Å². The largest absolute Gasteiger partial charge is 0.396 e. The van der Waals surface area contributed by atoms with Gasteiger partial charge in [0.2, 0.25) is 0 Å². The molecule has 0 aliphatic heterocycles. The molecule has 0 saturated carbocycles. The molecular formula is C20H26O. The fourth-order valence-electron chi connectivity index (χ4n) is 2.69. The van der Waals surface area contributed by atoms with Gasteiger partial charge in [-0.2, -0.15) is 0 Å². The summed E-state index contributed by atoms with van der Waals surface area (Å²) in [5.41, 5.74) is 4.09. The highest BCUT2D eigenvalue weighted by Crippen LogP contribution is 2.17. The predicted molar refractivity (Wildman–Crippen MR) is 89.5 cm³/mol. The van der Waals surface area contributed by atoms with Gasteiger partial charge in [-0.25, -0.2) is 0 Å². The Hall–Kier alpha value is -1.60. The van der Waals surface area contributed by atoms with E-state index in [0.717, 1.165) is 32.1 Å². The van der Waals surface area contributed by atoms with Crippen molar-refractivity contribution in [3.8, 4) is 0 Å². The van der Waals surface area contributed by atoms with Crippen LogP contribution in [0.5, 0.6) is 0 Å². The molecule has 0 aliphatic carbocycles. The Balaban J connectivity index is 1.71. The van der Waals surface area contributed by atoms with Gasteiger partial charge < -0.3 is 5.11 Å². The summed E-state index contributed by atoms with van der Waals surface area (Å²) in [6.45, 7) is 2.43. The molecule has 1 unspecified atom stereocenters. The summed E-state index contributed by atoms with van der Waals surface area (Å²) in [5, 5.41) is 9.54. The minimum absolute atomic E-state index is 0.306. The molecule has 2 aromatic carbocycles. The van der Waals surface area contributed by atoms with Crippen molar-refractivity contribution in [1.29, 1.82) is 0 Å². The van der Waals surface area contributed by atoms with Crippen molar-refractivity contribution in [2.45, 2.75) is 39.0 Å². The van der Waals surface area contributed by atoms with Crippen LogP contribution < -0.4 is 0 Å². The zero-order valence-electron chi connectivity index (χ0n) is 13.0. The van der Waals surface area contributed by atoms with Crippen molar-refractivity contribution in [2.75, 3.05) is 6.61 Å². The van der Waals surface area contributed by atoms with Gasteiger partial charge >= 0.3 is 0 Å². The molecule has 0 aromatic heterocycles. The van der Waals surface area contributed by atoms with E-state index >= 15 is 0 Å². The quantitative estimate of drug-likeness (QED) is 0.752. The van der Waals surface area contributed by atoms with Gasteiger partial charge in [0.05, 0.1) is 0 Å². The molecule has 0 radical (unpaired) electrons. The smallest absolute Gasteiger partial charge is 0.0459 e. The summed E-state index contributed by atoms with van der Waals surface area (Å²) in [6, 6.07) is 19.3. The van der Waals surface area contributed by atoms with E-state index < -0.39 is 0 Å². The number of rotatable bonds is 8. The van der Waals surface area contributed by atoms with Crippen LogP contribution in [-0.4, -0.2) is 11.7 Å². The number of aryl methyl sites for hydroxylation is 3. The van der Waals surface area contributed by atoms with E-state index in [9.17, 15) is 5.11 Å². The Morgan fingerprint density at radius 3 is 2.14 bits per heavy atom. The molecule has 2 aromatic rings. The van der Waals surface area contributed by atoms with Gasteiger partial charge in [0.25, 0.3) is 0 Å². The summed E-state index contributed by atoms with van der Waals surface area (Å²) in [4.78, 5) is 0. The second-order valence-corrected chi connectivity index (χ2v) is 5.95. The van der Waals surface area contributed by atoms with Crippen LogP contribution in [0.1, 0.15) is 36.0 Å². The lowest BCUT2D eigenvalue weighted by Crippen LogP contribution is -2.08. The normalized spacial score (nSPS) is 12.3. The van der Waals surface area contributed by atoms with E-state index in [-0.39, 0.29) is 0 Å². The Labute approximate surface area is 128 Å². The van der Waals surface area contributed by atoms with Crippen LogP contribution in [0.4, 0.5) is 0 Å². The first-order valence-electron chi connectivity index (χ1n) is 7.98. The van der Waals surface area contributed by atoms with Gasteiger partial charge in [-0.1, -0.05) is 60.2 Å². The fraction of sp³-hybridized carbons (Fsp3) is 0.400. The zero-order chi connectivity index (χ0) is 14.9.